The zero-order chi connectivity index (χ0) is 13.2. The summed E-state index contributed by atoms with van der Waals surface area (Å²) in [5.74, 6) is 0.643. The molecule has 94 valence electrons. The van der Waals surface area contributed by atoms with E-state index in [9.17, 15) is 5.26 Å². The van der Waals surface area contributed by atoms with Crippen LogP contribution in [-0.4, -0.2) is 4.98 Å². The first kappa shape index (κ1) is 12.1. The summed E-state index contributed by atoms with van der Waals surface area (Å²) in [5.41, 5.74) is 4.08. The maximum Gasteiger partial charge on any atom is 0.134 e. The van der Waals surface area contributed by atoms with Crippen LogP contribution < -0.4 is 0 Å². The molecule has 0 bridgehead atoms. The van der Waals surface area contributed by atoms with Crippen LogP contribution in [0.2, 0.25) is 0 Å². The number of aryl methyl sites for hydroxylation is 1. The van der Waals surface area contributed by atoms with Crippen molar-refractivity contribution in [3.8, 4) is 6.07 Å². The molecule has 0 radical (unpaired) electrons. The first-order valence-electron chi connectivity index (χ1n) is 6.40. The molecule has 0 amide bonds. The summed E-state index contributed by atoms with van der Waals surface area (Å²) >= 11 is 1.57. The summed E-state index contributed by atoms with van der Waals surface area (Å²) in [4.78, 5) is 4.58. The molecule has 1 aliphatic rings. The van der Waals surface area contributed by atoms with Crippen molar-refractivity contribution in [2.24, 2.45) is 0 Å². The van der Waals surface area contributed by atoms with Gasteiger partial charge in [0.1, 0.15) is 11.1 Å². The Kier molecular flexibility index (Phi) is 3.18. The summed E-state index contributed by atoms with van der Waals surface area (Å²) in [7, 11) is 0. The highest BCUT2D eigenvalue weighted by molar-refractivity contribution is 7.11. The molecule has 1 saturated carbocycles. The van der Waals surface area contributed by atoms with E-state index in [1.165, 1.54) is 18.4 Å². The van der Waals surface area contributed by atoms with Crippen LogP contribution in [0.5, 0.6) is 0 Å². The molecule has 2 aromatic rings. The molecule has 1 aromatic heterocycles. The number of nitriles is 1. The van der Waals surface area contributed by atoms with Crippen LogP contribution in [-0.2, 0) is 0 Å². The Morgan fingerprint density at radius 3 is 2.74 bits per heavy atom. The van der Waals surface area contributed by atoms with E-state index in [0.29, 0.717) is 11.5 Å². The minimum absolute atomic E-state index is 0.643. The second-order valence-corrected chi connectivity index (χ2v) is 5.79. The molecule has 19 heavy (non-hydrogen) atoms. The highest BCUT2D eigenvalue weighted by atomic mass is 32.1. The van der Waals surface area contributed by atoms with E-state index in [-0.39, 0.29) is 0 Å². The summed E-state index contributed by atoms with van der Waals surface area (Å²) in [6.45, 7) is 2.06. The molecule has 0 aliphatic heterocycles. The largest absolute Gasteiger partial charge is 0.240 e. The van der Waals surface area contributed by atoms with Gasteiger partial charge >= 0.3 is 0 Å². The second kappa shape index (κ2) is 4.99. The topological polar surface area (TPSA) is 36.7 Å². The second-order valence-electron chi connectivity index (χ2n) is 4.93. The summed E-state index contributed by atoms with van der Waals surface area (Å²) in [5, 5.41) is 12.2. The first-order chi connectivity index (χ1) is 9.26. The minimum Gasteiger partial charge on any atom is -0.240 e. The van der Waals surface area contributed by atoms with E-state index in [0.717, 1.165) is 16.3 Å². The van der Waals surface area contributed by atoms with Crippen molar-refractivity contribution in [1.29, 1.82) is 5.26 Å². The molecule has 0 saturated heterocycles. The van der Waals surface area contributed by atoms with E-state index < -0.39 is 0 Å². The number of thiazole rings is 1. The standard InChI is InChI=1S/C16H14N2S/c1-11-2-4-12(5-3-11)8-14(9-17)16-18-15(10-19-16)13-6-7-13/h2-5,8,10,13H,6-7H2,1H3/b14-8-. The van der Waals surface area contributed by atoms with Crippen molar-refractivity contribution in [3.05, 3.63) is 51.5 Å². The lowest BCUT2D eigenvalue weighted by molar-refractivity contribution is 1.05. The number of allylic oxidation sites excluding steroid dienone is 1. The van der Waals surface area contributed by atoms with Gasteiger partial charge in [-0.05, 0) is 31.4 Å². The Bertz CT molecular complexity index is 655. The fourth-order valence-corrected chi connectivity index (χ4v) is 2.81. The average molecular weight is 266 g/mol. The Hall–Kier alpha value is -1.92. The van der Waals surface area contributed by atoms with Crippen LogP contribution in [0.4, 0.5) is 0 Å². The molecule has 0 N–H and O–H groups in total. The lowest BCUT2D eigenvalue weighted by atomic mass is 10.1. The normalized spacial score (nSPS) is 15.3. The van der Waals surface area contributed by atoms with Crippen molar-refractivity contribution in [3.63, 3.8) is 0 Å². The third-order valence-corrected chi connectivity index (χ3v) is 4.15. The fraction of sp³-hybridized carbons (Fsp3) is 0.250. The predicted octanol–water partition coefficient (Wildman–Crippen LogP) is 4.39. The van der Waals surface area contributed by atoms with Gasteiger partial charge in [0.15, 0.2) is 0 Å². The van der Waals surface area contributed by atoms with Gasteiger partial charge < -0.3 is 0 Å². The quantitative estimate of drug-likeness (QED) is 0.772. The Morgan fingerprint density at radius 2 is 2.11 bits per heavy atom. The zero-order valence-electron chi connectivity index (χ0n) is 10.8. The molecule has 1 aromatic carbocycles. The monoisotopic (exact) mass is 266 g/mol. The number of nitrogens with zero attached hydrogens (tertiary/aromatic N) is 2. The maximum atomic E-state index is 9.31. The van der Waals surface area contributed by atoms with Crippen molar-refractivity contribution in [2.45, 2.75) is 25.7 Å². The van der Waals surface area contributed by atoms with E-state index in [2.05, 4.69) is 35.5 Å². The van der Waals surface area contributed by atoms with Gasteiger partial charge in [-0.3, -0.25) is 0 Å². The molecule has 1 aliphatic carbocycles. The van der Waals surface area contributed by atoms with Crippen LogP contribution >= 0.6 is 11.3 Å². The van der Waals surface area contributed by atoms with Crippen LogP contribution in [0.3, 0.4) is 0 Å². The van der Waals surface area contributed by atoms with Crippen LogP contribution in [0.15, 0.2) is 29.6 Å². The van der Waals surface area contributed by atoms with Gasteiger partial charge in [0.2, 0.25) is 0 Å². The molecule has 0 unspecified atom stereocenters. The van der Waals surface area contributed by atoms with Crippen LogP contribution in [0.1, 0.15) is 40.6 Å². The van der Waals surface area contributed by atoms with E-state index in [1.54, 1.807) is 11.3 Å². The molecular weight excluding hydrogens is 252 g/mol. The number of rotatable bonds is 3. The molecule has 3 heteroatoms. The fourth-order valence-electron chi connectivity index (χ4n) is 1.95. The third kappa shape index (κ3) is 2.74. The lowest BCUT2D eigenvalue weighted by Gasteiger charge is -1.96. The summed E-state index contributed by atoms with van der Waals surface area (Å²) < 4.78 is 0. The summed E-state index contributed by atoms with van der Waals surface area (Å²) in [6, 6.07) is 10.4. The van der Waals surface area contributed by atoms with E-state index in [4.69, 9.17) is 0 Å². The van der Waals surface area contributed by atoms with Gasteiger partial charge in [-0.25, -0.2) is 4.98 Å². The zero-order valence-corrected chi connectivity index (χ0v) is 11.6. The van der Waals surface area contributed by atoms with E-state index >= 15 is 0 Å². The van der Waals surface area contributed by atoms with Gasteiger partial charge in [-0.15, -0.1) is 11.3 Å². The van der Waals surface area contributed by atoms with Crippen LogP contribution in [0.25, 0.3) is 11.6 Å². The van der Waals surface area contributed by atoms with Gasteiger partial charge in [-0.1, -0.05) is 29.8 Å². The molecule has 0 atom stereocenters. The number of hydrogen-bond donors (Lipinski definition) is 0. The Balaban J connectivity index is 1.90. The molecular formula is C16H14N2S. The van der Waals surface area contributed by atoms with Crippen molar-refractivity contribution in [2.75, 3.05) is 0 Å². The van der Waals surface area contributed by atoms with Crippen molar-refractivity contribution in [1.82, 2.24) is 4.98 Å². The molecule has 0 spiro atoms. The molecule has 3 rings (SSSR count). The number of benzene rings is 1. The highest BCUT2D eigenvalue weighted by Crippen LogP contribution is 2.40. The molecule has 1 fully saturated rings. The van der Waals surface area contributed by atoms with Gasteiger partial charge in [0, 0.05) is 11.3 Å². The Labute approximate surface area is 117 Å². The number of aromatic nitrogens is 1. The first-order valence-corrected chi connectivity index (χ1v) is 7.28. The number of hydrogen-bond acceptors (Lipinski definition) is 3. The average Bonchev–Trinajstić information content (AvgIpc) is 3.17. The van der Waals surface area contributed by atoms with Crippen LogP contribution in [0, 0.1) is 18.3 Å². The van der Waals surface area contributed by atoms with Gasteiger partial charge in [0.25, 0.3) is 0 Å². The smallest absolute Gasteiger partial charge is 0.134 e. The predicted molar refractivity (Wildman–Crippen MR) is 78.8 cm³/mol. The third-order valence-electron chi connectivity index (χ3n) is 3.26. The molecule has 1 heterocycles. The minimum atomic E-state index is 0.643. The summed E-state index contributed by atoms with van der Waals surface area (Å²) in [6.07, 6.45) is 4.40. The van der Waals surface area contributed by atoms with Gasteiger partial charge in [0.05, 0.1) is 11.3 Å². The Morgan fingerprint density at radius 1 is 1.37 bits per heavy atom. The SMILES string of the molecule is Cc1ccc(/C=C(/C#N)c2nc(C3CC3)cs2)cc1. The maximum absolute atomic E-state index is 9.31. The van der Waals surface area contributed by atoms with E-state index in [1.807, 2.05) is 18.2 Å². The van der Waals surface area contributed by atoms with Crippen molar-refractivity contribution < 1.29 is 0 Å². The molecule has 2 nitrogen and oxygen atoms in total. The van der Waals surface area contributed by atoms with Gasteiger partial charge in [-0.2, -0.15) is 5.26 Å². The lowest BCUT2D eigenvalue weighted by Crippen LogP contribution is -1.84. The van der Waals surface area contributed by atoms with Crippen molar-refractivity contribution >= 4 is 23.0 Å². The highest BCUT2D eigenvalue weighted by Gasteiger charge is 2.26.